The Kier molecular flexibility index (Phi) is 5.64. The summed E-state index contributed by atoms with van der Waals surface area (Å²) >= 11 is 3.53. The predicted molar refractivity (Wildman–Crippen MR) is 102 cm³/mol. The van der Waals surface area contributed by atoms with Gasteiger partial charge in [0.25, 0.3) is 0 Å². The van der Waals surface area contributed by atoms with Gasteiger partial charge in [0.05, 0.1) is 13.2 Å². The lowest BCUT2D eigenvalue weighted by Gasteiger charge is -2.39. The zero-order valence-electron chi connectivity index (χ0n) is 14.1. The maximum absolute atomic E-state index is 3.53. The summed E-state index contributed by atoms with van der Waals surface area (Å²) in [4.78, 5) is 0. The fraction of sp³-hybridized carbons (Fsp3) is 0.368. The number of quaternary nitrogens is 1. The quantitative estimate of drug-likeness (QED) is 0.462. The molecule has 2 rings (SSSR count). The van der Waals surface area contributed by atoms with E-state index < -0.39 is 8.07 Å². The minimum absolute atomic E-state index is 1.08. The highest BCUT2D eigenvalue weighted by Gasteiger charge is 2.30. The van der Waals surface area contributed by atoms with Crippen LogP contribution in [0.1, 0.15) is 11.1 Å². The topological polar surface area (TPSA) is 0 Å². The molecule has 0 amide bonds. The van der Waals surface area contributed by atoms with Crippen molar-refractivity contribution in [3.63, 3.8) is 0 Å². The average molecular weight is 377 g/mol. The Labute approximate surface area is 144 Å². The summed E-state index contributed by atoms with van der Waals surface area (Å²) in [5.74, 6) is 0. The molecule has 0 N–H and O–H groups in total. The predicted octanol–water partition coefficient (Wildman–Crippen LogP) is 5.47. The number of hydrogen-bond acceptors (Lipinski definition) is 0. The molecule has 22 heavy (non-hydrogen) atoms. The smallest absolute Gasteiger partial charge is 0.110 e. The maximum atomic E-state index is 3.53. The molecule has 0 fully saturated rings. The Morgan fingerprint density at radius 2 is 1.32 bits per heavy atom. The van der Waals surface area contributed by atoms with Crippen LogP contribution in [0.3, 0.4) is 0 Å². The van der Waals surface area contributed by atoms with E-state index in [0.29, 0.717) is 0 Å². The van der Waals surface area contributed by atoms with Crippen LogP contribution in [0.5, 0.6) is 0 Å². The second-order valence-electron chi connectivity index (χ2n) is 7.77. The van der Waals surface area contributed by atoms with E-state index in [0.717, 1.165) is 22.0 Å². The van der Waals surface area contributed by atoms with Gasteiger partial charge in [-0.1, -0.05) is 78.0 Å². The van der Waals surface area contributed by atoms with Crippen LogP contribution in [0.2, 0.25) is 19.6 Å². The van der Waals surface area contributed by atoms with Gasteiger partial charge in [0, 0.05) is 15.6 Å². The number of halogens is 1. The molecule has 0 radical (unpaired) electrons. The molecule has 2 aromatic rings. The molecule has 118 valence electrons. The lowest BCUT2D eigenvalue weighted by atomic mass is 10.1. The standard InChI is InChI=1S/C19H27BrNSi/c1-21(16-22(2,3)4,14-17-8-6-5-7-9-17)15-18-10-12-19(20)13-11-18/h5-13H,14-16H2,1-4H3/q+1. The second-order valence-corrected chi connectivity index (χ2v) is 14.1. The molecule has 1 unspecified atom stereocenters. The van der Waals surface area contributed by atoms with Crippen molar-refractivity contribution in [2.75, 3.05) is 13.2 Å². The third kappa shape index (κ3) is 5.71. The van der Waals surface area contributed by atoms with Crippen molar-refractivity contribution in [2.24, 2.45) is 0 Å². The first-order valence-electron chi connectivity index (χ1n) is 7.88. The third-order valence-electron chi connectivity index (χ3n) is 3.74. The van der Waals surface area contributed by atoms with Gasteiger partial charge in [0.2, 0.25) is 0 Å². The number of benzene rings is 2. The van der Waals surface area contributed by atoms with Gasteiger partial charge >= 0.3 is 0 Å². The minimum Gasteiger partial charge on any atom is -0.322 e. The van der Waals surface area contributed by atoms with E-state index in [-0.39, 0.29) is 0 Å². The first-order valence-corrected chi connectivity index (χ1v) is 12.4. The molecule has 0 bridgehead atoms. The van der Waals surface area contributed by atoms with Crippen LogP contribution in [-0.4, -0.2) is 25.8 Å². The Balaban J connectivity index is 2.22. The molecule has 0 saturated carbocycles. The van der Waals surface area contributed by atoms with Crippen LogP contribution >= 0.6 is 15.9 Å². The zero-order chi connectivity index (χ0) is 16.2. The fourth-order valence-corrected chi connectivity index (χ4v) is 6.15. The summed E-state index contributed by atoms with van der Waals surface area (Å²) in [6.45, 7) is 9.59. The molecule has 0 aromatic heterocycles. The fourth-order valence-electron chi connectivity index (χ4n) is 3.37. The van der Waals surface area contributed by atoms with E-state index >= 15 is 0 Å². The molecule has 3 heteroatoms. The molecule has 0 spiro atoms. The second kappa shape index (κ2) is 7.11. The largest absolute Gasteiger partial charge is 0.322 e. The van der Waals surface area contributed by atoms with Gasteiger partial charge in [-0.2, -0.15) is 0 Å². The Morgan fingerprint density at radius 1 is 0.818 bits per heavy atom. The lowest BCUT2D eigenvalue weighted by Crippen LogP contribution is -2.52. The maximum Gasteiger partial charge on any atom is 0.110 e. The Morgan fingerprint density at radius 3 is 1.82 bits per heavy atom. The Bertz CT molecular complexity index is 589. The third-order valence-corrected chi connectivity index (χ3v) is 5.98. The first kappa shape index (κ1) is 17.5. The number of nitrogens with zero attached hydrogens (tertiary/aromatic N) is 1. The van der Waals surface area contributed by atoms with Crippen LogP contribution < -0.4 is 0 Å². The molecule has 0 aliphatic carbocycles. The lowest BCUT2D eigenvalue weighted by molar-refractivity contribution is -0.926. The van der Waals surface area contributed by atoms with Crippen molar-refractivity contribution >= 4 is 24.0 Å². The van der Waals surface area contributed by atoms with E-state index in [2.05, 4.69) is 97.2 Å². The summed E-state index contributed by atoms with van der Waals surface area (Å²) in [6.07, 6.45) is 1.29. The van der Waals surface area contributed by atoms with Crippen LogP contribution in [0.4, 0.5) is 0 Å². The molecule has 1 atom stereocenters. The first-order chi connectivity index (χ1) is 10.3. The van der Waals surface area contributed by atoms with E-state index in [9.17, 15) is 0 Å². The molecule has 0 aliphatic heterocycles. The summed E-state index contributed by atoms with van der Waals surface area (Å²) in [5, 5.41) is 0. The van der Waals surface area contributed by atoms with Gasteiger partial charge in [-0.25, -0.2) is 0 Å². The van der Waals surface area contributed by atoms with E-state index in [1.807, 2.05) is 0 Å². The number of rotatable bonds is 6. The molecule has 0 heterocycles. The normalized spacial score (nSPS) is 14.6. The summed E-state index contributed by atoms with van der Waals surface area (Å²) in [7, 11) is 1.26. The zero-order valence-corrected chi connectivity index (χ0v) is 16.7. The van der Waals surface area contributed by atoms with Gasteiger partial charge in [-0.3, -0.25) is 0 Å². The summed E-state index contributed by atoms with van der Waals surface area (Å²) < 4.78 is 2.24. The van der Waals surface area contributed by atoms with Gasteiger partial charge in [-0.15, -0.1) is 0 Å². The van der Waals surface area contributed by atoms with Gasteiger partial charge in [0.1, 0.15) is 21.2 Å². The molecule has 0 aliphatic rings. The van der Waals surface area contributed by atoms with Gasteiger partial charge in [0.15, 0.2) is 0 Å². The monoisotopic (exact) mass is 376 g/mol. The molecule has 0 saturated heterocycles. The molecular formula is C19H27BrNSi+. The molecular weight excluding hydrogens is 350 g/mol. The van der Waals surface area contributed by atoms with Crippen molar-refractivity contribution in [2.45, 2.75) is 32.7 Å². The molecule has 1 nitrogen and oxygen atoms in total. The SMILES string of the molecule is C[N+](Cc1ccccc1)(Cc1ccc(Br)cc1)C[Si](C)(C)C. The van der Waals surface area contributed by atoms with Gasteiger partial charge < -0.3 is 4.48 Å². The highest BCUT2D eigenvalue weighted by Crippen LogP contribution is 2.22. The van der Waals surface area contributed by atoms with E-state index in [4.69, 9.17) is 0 Å². The Hall–Kier alpha value is -0.903. The van der Waals surface area contributed by atoms with Crippen LogP contribution in [0.15, 0.2) is 59.1 Å². The average Bonchev–Trinajstić information content (AvgIpc) is 2.40. The van der Waals surface area contributed by atoms with E-state index in [1.165, 1.54) is 17.3 Å². The van der Waals surface area contributed by atoms with Crippen LogP contribution in [0, 0.1) is 0 Å². The molecule has 2 aromatic carbocycles. The summed E-state index contributed by atoms with van der Waals surface area (Å²) in [6, 6.07) is 19.7. The minimum atomic E-state index is -1.15. The summed E-state index contributed by atoms with van der Waals surface area (Å²) in [5.41, 5.74) is 2.85. The van der Waals surface area contributed by atoms with Crippen molar-refractivity contribution in [3.05, 3.63) is 70.2 Å². The van der Waals surface area contributed by atoms with Gasteiger partial charge in [-0.05, 0) is 12.1 Å². The van der Waals surface area contributed by atoms with Crippen LogP contribution in [0.25, 0.3) is 0 Å². The van der Waals surface area contributed by atoms with Crippen molar-refractivity contribution in [1.82, 2.24) is 0 Å². The highest BCUT2D eigenvalue weighted by molar-refractivity contribution is 9.10. The van der Waals surface area contributed by atoms with Crippen LogP contribution in [-0.2, 0) is 13.1 Å². The van der Waals surface area contributed by atoms with Crippen molar-refractivity contribution in [3.8, 4) is 0 Å². The van der Waals surface area contributed by atoms with Crippen molar-refractivity contribution in [1.29, 1.82) is 0 Å². The highest BCUT2D eigenvalue weighted by atomic mass is 79.9. The van der Waals surface area contributed by atoms with E-state index in [1.54, 1.807) is 0 Å². The number of hydrogen-bond donors (Lipinski definition) is 0. The van der Waals surface area contributed by atoms with Crippen molar-refractivity contribution < 1.29 is 4.48 Å².